The molecule has 1 aromatic carbocycles. The molecule has 0 amide bonds. The number of allylic oxidation sites excluding steroid dienone is 1. The molecule has 0 heterocycles. The summed E-state index contributed by atoms with van der Waals surface area (Å²) < 4.78 is 39.2. The van der Waals surface area contributed by atoms with E-state index in [1.54, 1.807) is 0 Å². The van der Waals surface area contributed by atoms with Crippen LogP contribution >= 0.6 is 0 Å². The molecular formula is C28H42F2O2. The van der Waals surface area contributed by atoms with Crippen molar-refractivity contribution in [3.63, 3.8) is 0 Å². The third-order valence-corrected chi connectivity index (χ3v) is 7.58. The van der Waals surface area contributed by atoms with E-state index in [0.717, 1.165) is 30.6 Å². The maximum Gasteiger partial charge on any atom is 0.204 e. The molecule has 0 N–H and O–H groups in total. The first-order chi connectivity index (χ1) is 15.6. The van der Waals surface area contributed by atoms with Crippen LogP contribution in [0.2, 0.25) is 0 Å². The molecule has 0 atom stereocenters. The lowest BCUT2D eigenvalue weighted by Crippen LogP contribution is -2.25. The van der Waals surface area contributed by atoms with Gasteiger partial charge in [0.25, 0.3) is 0 Å². The molecule has 2 aliphatic rings. The van der Waals surface area contributed by atoms with Crippen molar-refractivity contribution in [2.75, 3.05) is 13.2 Å². The highest BCUT2D eigenvalue weighted by Crippen LogP contribution is 2.42. The molecule has 2 saturated carbocycles. The summed E-state index contributed by atoms with van der Waals surface area (Å²) in [6, 6.07) is 2.90. The van der Waals surface area contributed by atoms with Crippen molar-refractivity contribution >= 4 is 0 Å². The van der Waals surface area contributed by atoms with Gasteiger partial charge in [-0.05, 0) is 80.8 Å². The minimum Gasteiger partial charge on any atom is -0.490 e. The van der Waals surface area contributed by atoms with Crippen molar-refractivity contribution in [1.29, 1.82) is 0 Å². The molecule has 180 valence electrons. The van der Waals surface area contributed by atoms with Crippen LogP contribution in [-0.4, -0.2) is 13.2 Å². The molecule has 2 nitrogen and oxygen atoms in total. The Morgan fingerprint density at radius 3 is 2.00 bits per heavy atom. The summed E-state index contributed by atoms with van der Waals surface area (Å²) in [6.45, 7) is 4.97. The number of halogens is 2. The van der Waals surface area contributed by atoms with Gasteiger partial charge >= 0.3 is 0 Å². The van der Waals surface area contributed by atoms with Crippen LogP contribution < -0.4 is 9.47 Å². The van der Waals surface area contributed by atoms with E-state index in [9.17, 15) is 8.78 Å². The number of hydrogen-bond donors (Lipinski definition) is 0. The summed E-state index contributed by atoms with van der Waals surface area (Å²) in [5, 5.41) is 0. The summed E-state index contributed by atoms with van der Waals surface area (Å²) in [6.07, 6.45) is 19.6. The molecule has 0 bridgehead atoms. The van der Waals surface area contributed by atoms with Crippen molar-refractivity contribution < 1.29 is 18.3 Å². The van der Waals surface area contributed by atoms with E-state index in [-0.39, 0.29) is 18.1 Å². The fraction of sp³-hybridized carbons (Fsp3) is 0.714. The monoisotopic (exact) mass is 448 g/mol. The Morgan fingerprint density at radius 2 is 1.41 bits per heavy atom. The van der Waals surface area contributed by atoms with Crippen LogP contribution in [0.1, 0.15) is 90.9 Å². The first kappa shape index (κ1) is 25.1. The fourth-order valence-corrected chi connectivity index (χ4v) is 5.61. The van der Waals surface area contributed by atoms with E-state index in [1.165, 1.54) is 76.3 Å². The maximum absolute atomic E-state index is 14.2. The molecule has 2 fully saturated rings. The molecule has 0 aliphatic heterocycles. The Hall–Kier alpha value is -1.58. The van der Waals surface area contributed by atoms with E-state index in [4.69, 9.17) is 9.47 Å². The molecule has 0 saturated heterocycles. The maximum atomic E-state index is 14.2. The average Bonchev–Trinajstić information content (AvgIpc) is 2.82. The van der Waals surface area contributed by atoms with Crippen LogP contribution in [0.5, 0.6) is 11.5 Å². The second-order valence-corrected chi connectivity index (χ2v) is 9.88. The van der Waals surface area contributed by atoms with Crippen LogP contribution in [-0.2, 0) is 0 Å². The molecule has 2 aliphatic carbocycles. The van der Waals surface area contributed by atoms with Crippen molar-refractivity contribution in [2.45, 2.75) is 90.9 Å². The highest BCUT2D eigenvalue weighted by molar-refractivity contribution is 5.35. The first-order valence-electron chi connectivity index (χ1n) is 13.0. The quantitative estimate of drug-likeness (QED) is 0.249. The van der Waals surface area contributed by atoms with E-state index in [2.05, 4.69) is 13.0 Å². The lowest BCUT2D eigenvalue weighted by Gasteiger charge is -2.37. The zero-order valence-electron chi connectivity index (χ0n) is 20.1. The van der Waals surface area contributed by atoms with Crippen LogP contribution in [0, 0.1) is 35.3 Å². The summed E-state index contributed by atoms with van der Waals surface area (Å²) in [7, 11) is 0. The average molecular weight is 449 g/mol. The second-order valence-electron chi connectivity index (χ2n) is 9.88. The summed E-state index contributed by atoms with van der Waals surface area (Å²) in [5.74, 6) is 1.38. The van der Waals surface area contributed by atoms with E-state index >= 15 is 0 Å². The number of unbranched alkanes of at least 4 members (excludes halogenated alkanes) is 1. The third kappa shape index (κ3) is 7.22. The number of ether oxygens (including phenoxy) is 2. The van der Waals surface area contributed by atoms with Gasteiger partial charge in [0.15, 0.2) is 11.5 Å². The molecule has 4 heteroatoms. The molecule has 32 heavy (non-hydrogen) atoms. The number of hydrogen-bond acceptors (Lipinski definition) is 2. The van der Waals surface area contributed by atoms with Gasteiger partial charge in [-0.1, -0.05) is 58.1 Å². The predicted molar refractivity (Wildman–Crippen MR) is 127 cm³/mol. The Kier molecular flexibility index (Phi) is 10.3. The van der Waals surface area contributed by atoms with Gasteiger partial charge in [0.2, 0.25) is 11.6 Å². The summed E-state index contributed by atoms with van der Waals surface area (Å²) in [4.78, 5) is 0. The molecule has 0 radical (unpaired) electrons. The van der Waals surface area contributed by atoms with Crippen molar-refractivity contribution in [2.24, 2.45) is 23.7 Å². The zero-order valence-corrected chi connectivity index (χ0v) is 20.1. The summed E-state index contributed by atoms with van der Waals surface area (Å²) in [5.41, 5.74) is 0. The van der Waals surface area contributed by atoms with E-state index in [1.807, 2.05) is 13.0 Å². The lowest BCUT2D eigenvalue weighted by atomic mass is 9.69. The fourth-order valence-electron chi connectivity index (χ4n) is 5.61. The lowest BCUT2D eigenvalue weighted by molar-refractivity contribution is 0.152. The van der Waals surface area contributed by atoms with Gasteiger partial charge < -0.3 is 9.47 Å². The van der Waals surface area contributed by atoms with Gasteiger partial charge in [-0.2, -0.15) is 8.78 Å². The number of benzene rings is 1. The summed E-state index contributed by atoms with van der Waals surface area (Å²) >= 11 is 0. The minimum atomic E-state index is -0.971. The molecular weight excluding hydrogens is 406 g/mol. The molecule has 0 spiro atoms. The van der Waals surface area contributed by atoms with Crippen LogP contribution in [0.4, 0.5) is 8.78 Å². The van der Waals surface area contributed by atoms with E-state index < -0.39 is 11.6 Å². The van der Waals surface area contributed by atoms with Gasteiger partial charge in [0, 0.05) is 0 Å². The first-order valence-corrected chi connectivity index (χ1v) is 13.0. The third-order valence-electron chi connectivity index (χ3n) is 7.58. The Balaban J connectivity index is 1.37. The largest absolute Gasteiger partial charge is 0.490 e. The van der Waals surface area contributed by atoms with Crippen LogP contribution in [0.15, 0.2) is 24.3 Å². The Morgan fingerprint density at radius 1 is 0.812 bits per heavy atom. The molecule has 3 rings (SSSR count). The van der Waals surface area contributed by atoms with Crippen molar-refractivity contribution in [3.05, 3.63) is 35.9 Å². The van der Waals surface area contributed by atoms with Crippen molar-refractivity contribution in [3.8, 4) is 11.5 Å². The topological polar surface area (TPSA) is 18.5 Å². The standard InChI is InChI=1S/C28H42F2O2/c1-3-5-19-31-25-17-18-26(28(30)27(25)29)32-20-6-8-22-11-15-24(16-12-22)23-13-9-21(7-4-2)10-14-23/h6,8,17-18,21-24H,3-5,7,9-16,19-20H2,1-2H3/b8-6+/t21-,22?,23-,24?. The van der Waals surface area contributed by atoms with Gasteiger partial charge in [0.05, 0.1) is 6.61 Å². The Labute approximate surface area is 193 Å². The predicted octanol–water partition coefficient (Wildman–Crippen LogP) is 8.49. The molecule has 0 aromatic heterocycles. The normalized spacial score (nSPS) is 26.4. The highest BCUT2D eigenvalue weighted by Gasteiger charge is 2.30. The van der Waals surface area contributed by atoms with E-state index in [0.29, 0.717) is 12.5 Å². The van der Waals surface area contributed by atoms with Crippen LogP contribution in [0.25, 0.3) is 0 Å². The van der Waals surface area contributed by atoms with Gasteiger partial charge in [-0.3, -0.25) is 0 Å². The highest BCUT2D eigenvalue weighted by atomic mass is 19.2. The minimum absolute atomic E-state index is 0.0468. The Bertz CT molecular complexity index is 702. The van der Waals surface area contributed by atoms with Gasteiger partial charge in [0.1, 0.15) is 6.61 Å². The van der Waals surface area contributed by atoms with Gasteiger partial charge in [-0.25, -0.2) is 0 Å². The molecule has 0 unspecified atom stereocenters. The molecule has 1 aromatic rings. The van der Waals surface area contributed by atoms with Crippen LogP contribution in [0.3, 0.4) is 0 Å². The SMILES string of the molecule is CCCCOc1ccc(OC/C=C/C2CCC([C@H]3CC[C@H](CCC)CC3)CC2)c(F)c1F. The smallest absolute Gasteiger partial charge is 0.204 e. The number of rotatable bonds is 11. The second kappa shape index (κ2) is 13.2. The van der Waals surface area contributed by atoms with Gasteiger partial charge in [-0.15, -0.1) is 0 Å². The zero-order chi connectivity index (χ0) is 22.8. The van der Waals surface area contributed by atoms with Crippen molar-refractivity contribution in [1.82, 2.24) is 0 Å².